The Balaban J connectivity index is 1.56. The number of aromatic nitrogens is 4. The van der Waals surface area contributed by atoms with E-state index in [4.69, 9.17) is 4.74 Å². The summed E-state index contributed by atoms with van der Waals surface area (Å²) < 4.78 is 6.52. The van der Waals surface area contributed by atoms with E-state index in [1.807, 2.05) is 11.0 Å². The Morgan fingerprint density at radius 3 is 2.92 bits per heavy atom. The summed E-state index contributed by atoms with van der Waals surface area (Å²) in [5.41, 5.74) is 0.331. The first-order chi connectivity index (χ1) is 12.7. The largest absolute Gasteiger partial charge is 0.378 e. The van der Waals surface area contributed by atoms with Crippen LogP contribution in [-0.4, -0.2) is 51.8 Å². The molecule has 3 aromatic rings. The number of hydrogen-bond acceptors (Lipinski definition) is 8. The fraction of sp³-hybridized carbons (Fsp3) is 0.312. The van der Waals surface area contributed by atoms with Gasteiger partial charge in [0.1, 0.15) is 5.56 Å². The van der Waals surface area contributed by atoms with Crippen molar-refractivity contribution >= 4 is 27.3 Å². The van der Waals surface area contributed by atoms with Gasteiger partial charge >= 0.3 is 0 Å². The van der Waals surface area contributed by atoms with E-state index in [0.717, 1.165) is 5.56 Å². The van der Waals surface area contributed by atoms with Crippen molar-refractivity contribution in [3.8, 4) is 0 Å². The highest BCUT2D eigenvalue weighted by atomic mass is 32.1. The predicted molar refractivity (Wildman–Crippen MR) is 95.6 cm³/mol. The second-order valence-electron chi connectivity index (χ2n) is 5.70. The fourth-order valence-electron chi connectivity index (χ4n) is 2.59. The Morgan fingerprint density at radius 1 is 1.31 bits per heavy atom. The normalized spacial score (nSPS) is 14.5. The van der Waals surface area contributed by atoms with Crippen LogP contribution in [0.5, 0.6) is 0 Å². The first kappa shape index (κ1) is 16.6. The van der Waals surface area contributed by atoms with E-state index < -0.39 is 11.5 Å². The van der Waals surface area contributed by atoms with Crippen molar-refractivity contribution in [2.24, 2.45) is 0 Å². The number of amides is 1. The van der Waals surface area contributed by atoms with E-state index in [2.05, 4.69) is 20.4 Å². The summed E-state index contributed by atoms with van der Waals surface area (Å²) in [4.78, 5) is 35.7. The highest BCUT2D eigenvalue weighted by molar-refractivity contribution is 7.20. The zero-order valence-corrected chi connectivity index (χ0v) is 14.6. The molecule has 0 unspecified atom stereocenters. The fourth-order valence-corrected chi connectivity index (χ4v) is 3.51. The Hall–Kier alpha value is -2.85. The smallest absolute Gasteiger partial charge is 0.288 e. The summed E-state index contributed by atoms with van der Waals surface area (Å²) in [6.07, 6.45) is 4.62. The van der Waals surface area contributed by atoms with Crippen LogP contribution in [0.3, 0.4) is 0 Å². The van der Waals surface area contributed by atoms with Crippen molar-refractivity contribution in [1.82, 2.24) is 24.9 Å². The molecule has 1 aliphatic rings. The van der Waals surface area contributed by atoms with Gasteiger partial charge in [0.25, 0.3) is 11.5 Å². The van der Waals surface area contributed by atoms with Crippen LogP contribution in [0.1, 0.15) is 15.9 Å². The first-order valence-corrected chi connectivity index (χ1v) is 8.93. The van der Waals surface area contributed by atoms with Gasteiger partial charge in [-0.2, -0.15) is 4.52 Å². The number of carbonyl (C=O) groups excluding carboxylic acids is 1. The minimum absolute atomic E-state index is 0.0368. The summed E-state index contributed by atoms with van der Waals surface area (Å²) >= 11 is 1.32. The number of nitrogens with zero attached hydrogens (tertiary/aromatic N) is 5. The molecule has 0 atom stereocenters. The number of anilines is 1. The van der Waals surface area contributed by atoms with Crippen LogP contribution in [0, 0.1) is 0 Å². The Labute approximate surface area is 152 Å². The van der Waals surface area contributed by atoms with Crippen LogP contribution in [0.2, 0.25) is 0 Å². The summed E-state index contributed by atoms with van der Waals surface area (Å²) in [5.74, 6) is -0.485. The third-order valence-electron chi connectivity index (χ3n) is 3.98. The van der Waals surface area contributed by atoms with Crippen molar-refractivity contribution in [3.05, 3.63) is 52.2 Å². The molecule has 134 valence electrons. The second kappa shape index (κ2) is 7.18. The topological polar surface area (TPSA) is 102 Å². The summed E-state index contributed by atoms with van der Waals surface area (Å²) in [7, 11) is 0. The third-order valence-corrected chi connectivity index (χ3v) is 4.96. The van der Waals surface area contributed by atoms with Crippen LogP contribution in [0.25, 0.3) is 4.96 Å². The molecule has 26 heavy (non-hydrogen) atoms. The van der Waals surface area contributed by atoms with Crippen molar-refractivity contribution in [1.29, 1.82) is 0 Å². The van der Waals surface area contributed by atoms with Gasteiger partial charge in [0.05, 0.1) is 13.2 Å². The molecule has 0 saturated carbocycles. The predicted octanol–water partition coefficient (Wildman–Crippen LogP) is 0.313. The number of carbonyl (C=O) groups is 1. The van der Waals surface area contributed by atoms with Gasteiger partial charge in [-0.05, 0) is 11.6 Å². The molecule has 9 nitrogen and oxygen atoms in total. The maximum absolute atomic E-state index is 12.6. The van der Waals surface area contributed by atoms with Crippen LogP contribution in [-0.2, 0) is 11.3 Å². The molecule has 1 amide bonds. The molecule has 0 spiro atoms. The van der Waals surface area contributed by atoms with Gasteiger partial charge in [0, 0.05) is 38.2 Å². The number of fused-ring (bicyclic) bond motifs is 1. The molecule has 1 fully saturated rings. The number of rotatable bonds is 4. The molecule has 0 bridgehead atoms. The molecule has 0 aliphatic carbocycles. The van der Waals surface area contributed by atoms with Crippen molar-refractivity contribution in [2.75, 3.05) is 31.2 Å². The van der Waals surface area contributed by atoms with Gasteiger partial charge in [0.15, 0.2) is 0 Å². The van der Waals surface area contributed by atoms with Crippen molar-refractivity contribution < 1.29 is 9.53 Å². The average Bonchev–Trinajstić information content (AvgIpc) is 3.13. The van der Waals surface area contributed by atoms with Crippen LogP contribution in [0.15, 0.2) is 35.5 Å². The summed E-state index contributed by atoms with van der Waals surface area (Å²) in [6.45, 7) is 2.96. The molecule has 10 heteroatoms. The number of ether oxygens (including phenoxy) is 1. The van der Waals surface area contributed by atoms with E-state index in [1.165, 1.54) is 22.0 Å². The first-order valence-electron chi connectivity index (χ1n) is 8.11. The van der Waals surface area contributed by atoms with E-state index in [1.54, 1.807) is 18.5 Å². The van der Waals surface area contributed by atoms with Gasteiger partial charge in [-0.25, -0.2) is 4.98 Å². The molecule has 1 aliphatic heterocycles. The molecular weight excluding hydrogens is 356 g/mol. The second-order valence-corrected chi connectivity index (χ2v) is 6.63. The summed E-state index contributed by atoms with van der Waals surface area (Å²) in [6, 6.07) is 3.63. The lowest BCUT2D eigenvalue weighted by molar-refractivity contribution is 0.0948. The van der Waals surface area contributed by atoms with Gasteiger partial charge in [-0.3, -0.25) is 14.6 Å². The number of morpholine rings is 1. The number of hydrogen-bond donors (Lipinski definition) is 1. The van der Waals surface area contributed by atoms with Crippen LogP contribution < -0.4 is 15.8 Å². The van der Waals surface area contributed by atoms with Crippen molar-refractivity contribution in [2.45, 2.75) is 6.54 Å². The number of nitrogens with one attached hydrogen (secondary N) is 1. The zero-order chi connectivity index (χ0) is 17.9. The average molecular weight is 372 g/mol. The Morgan fingerprint density at radius 2 is 2.15 bits per heavy atom. The monoisotopic (exact) mass is 372 g/mol. The van der Waals surface area contributed by atoms with Crippen molar-refractivity contribution in [3.63, 3.8) is 0 Å². The van der Waals surface area contributed by atoms with Gasteiger partial charge in [-0.1, -0.05) is 17.4 Å². The van der Waals surface area contributed by atoms with Crippen LogP contribution >= 0.6 is 11.3 Å². The SMILES string of the molecule is O=C(NCc1cccnc1)c1cnc2sc(N3CCOCC3)nn2c1=O. The molecule has 1 saturated heterocycles. The molecule has 4 rings (SSSR count). The summed E-state index contributed by atoms with van der Waals surface area (Å²) in [5, 5.41) is 7.75. The molecule has 3 aromatic heterocycles. The van der Waals surface area contributed by atoms with E-state index >= 15 is 0 Å². The van der Waals surface area contributed by atoms with Gasteiger partial charge < -0.3 is 15.0 Å². The standard InChI is InChI=1S/C16H16N6O3S/c23-13(18-9-11-2-1-3-17-8-11)12-10-19-15-22(14(12)24)20-16(26-15)21-4-6-25-7-5-21/h1-3,8,10H,4-7,9H2,(H,18,23). The van der Waals surface area contributed by atoms with E-state index in [9.17, 15) is 9.59 Å². The molecule has 0 radical (unpaired) electrons. The minimum atomic E-state index is -0.485. The highest BCUT2D eigenvalue weighted by Gasteiger charge is 2.19. The molecule has 0 aromatic carbocycles. The lowest BCUT2D eigenvalue weighted by Gasteiger charge is -2.25. The highest BCUT2D eigenvalue weighted by Crippen LogP contribution is 2.21. The molecule has 4 heterocycles. The van der Waals surface area contributed by atoms with Gasteiger partial charge in [-0.15, -0.1) is 5.10 Å². The van der Waals surface area contributed by atoms with Gasteiger partial charge in [0.2, 0.25) is 10.1 Å². The van der Waals surface area contributed by atoms with Crippen LogP contribution in [0.4, 0.5) is 5.13 Å². The van der Waals surface area contributed by atoms with E-state index in [0.29, 0.717) is 36.4 Å². The van der Waals surface area contributed by atoms with E-state index in [-0.39, 0.29) is 12.1 Å². The minimum Gasteiger partial charge on any atom is -0.378 e. The Kier molecular flexibility index (Phi) is 4.59. The zero-order valence-electron chi connectivity index (χ0n) is 13.8. The Bertz CT molecular complexity index is 981. The molecular formula is C16H16N6O3S. The quantitative estimate of drug-likeness (QED) is 0.703. The number of pyridine rings is 1. The lowest BCUT2D eigenvalue weighted by Crippen LogP contribution is -2.36. The maximum atomic E-state index is 12.6. The lowest BCUT2D eigenvalue weighted by atomic mass is 10.2. The third kappa shape index (κ3) is 3.28. The maximum Gasteiger partial charge on any atom is 0.288 e. The molecule has 1 N–H and O–H groups in total.